The highest BCUT2D eigenvalue weighted by atomic mass is 16.6. The Morgan fingerprint density at radius 3 is 2.75 bits per heavy atom. The summed E-state index contributed by atoms with van der Waals surface area (Å²) >= 11 is 0. The van der Waals surface area contributed by atoms with E-state index < -0.39 is 4.92 Å². The van der Waals surface area contributed by atoms with Crippen molar-refractivity contribution in [3.63, 3.8) is 0 Å². The molecular formula is C13H11NO6. The zero-order valence-corrected chi connectivity index (χ0v) is 10.6. The first-order chi connectivity index (χ1) is 9.61. The molecule has 0 spiro atoms. The Bertz CT molecular complexity index is 620. The Kier molecular flexibility index (Phi) is 3.99. The molecule has 0 atom stereocenters. The van der Waals surface area contributed by atoms with Crippen molar-refractivity contribution in [3.8, 4) is 11.5 Å². The minimum atomic E-state index is -0.555. The van der Waals surface area contributed by atoms with Crippen LogP contribution in [0.4, 0.5) is 5.69 Å². The van der Waals surface area contributed by atoms with E-state index in [-0.39, 0.29) is 29.6 Å². The summed E-state index contributed by atoms with van der Waals surface area (Å²) in [6, 6.07) is 7.00. The maximum atomic E-state index is 11.7. The first-order valence-corrected chi connectivity index (χ1v) is 5.63. The van der Waals surface area contributed by atoms with E-state index in [4.69, 9.17) is 13.9 Å². The molecular weight excluding hydrogens is 266 g/mol. The Morgan fingerprint density at radius 2 is 2.15 bits per heavy atom. The van der Waals surface area contributed by atoms with Crippen LogP contribution in [-0.2, 0) is 0 Å². The number of nitro groups is 1. The molecule has 0 amide bonds. The van der Waals surface area contributed by atoms with Crippen molar-refractivity contribution in [2.24, 2.45) is 0 Å². The number of hydrogen-bond donors (Lipinski definition) is 0. The van der Waals surface area contributed by atoms with Gasteiger partial charge in [-0.1, -0.05) is 0 Å². The van der Waals surface area contributed by atoms with Crippen LogP contribution in [-0.4, -0.2) is 24.4 Å². The normalized spacial score (nSPS) is 10.1. The van der Waals surface area contributed by atoms with E-state index in [1.165, 1.54) is 37.6 Å². The summed E-state index contributed by atoms with van der Waals surface area (Å²) in [5.74, 6) is 0.224. The van der Waals surface area contributed by atoms with Crippen molar-refractivity contribution in [1.82, 2.24) is 0 Å². The smallest absolute Gasteiger partial charge is 0.273 e. The molecule has 104 valence electrons. The fraction of sp³-hybridized carbons (Fsp3) is 0.154. The second-order valence-corrected chi connectivity index (χ2v) is 3.78. The number of nitro benzene ring substituents is 1. The number of ketones is 1. The summed E-state index contributed by atoms with van der Waals surface area (Å²) in [6.07, 6.45) is 1.38. The Morgan fingerprint density at radius 1 is 1.35 bits per heavy atom. The van der Waals surface area contributed by atoms with E-state index in [1.807, 2.05) is 0 Å². The number of nitrogens with zero attached hydrogens (tertiary/aromatic N) is 1. The molecule has 0 aliphatic carbocycles. The number of furan rings is 1. The minimum Gasteiger partial charge on any atom is -0.493 e. The van der Waals surface area contributed by atoms with E-state index >= 15 is 0 Å². The van der Waals surface area contributed by atoms with Gasteiger partial charge in [-0.25, -0.2) is 0 Å². The number of rotatable bonds is 6. The summed E-state index contributed by atoms with van der Waals surface area (Å²) in [7, 11) is 1.41. The lowest BCUT2D eigenvalue weighted by Crippen LogP contribution is -2.11. The maximum Gasteiger partial charge on any atom is 0.273 e. The van der Waals surface area contributed by atoms with Gasteiger partial charge in [0.05, 0.1) is 24.4 Å². The van der Waals surface area contributed by atoms with Crippen LogP contribution < -0.4 is 9.47 Å². The lowest BCUT2D eigenvalue weighted by Gasteiger charge is -2.09. The summed E-state index contributed by atoms with van der Waals surface area (Å²) < 4.78 is 15.2. The molecule has 2 aromatic rings. The standard InChI is InChI=1S/C13H11NO6/c1-18-12-5-4-9(14(16)17)7-13(12)20-8-10(15)11-3-2-6-19-11/h2-7H,8H2,1H3. The third-order valence-electron chi connectivity index (χ3n) is 2.51. The second-order valence-electron chi connectivity index (χ2n) is 3.78. The topological polar surface area (TPSA) is 91.8 Å². The summed E-state index contributed by atoms with van der Waals surface area (Å²) in [5, 5.41) is 10.7. The number of carbonyl (C=O) groups is 1. The van der Waals surface area contributed by atoms with Crippen LogP contribution in [0.2, 0.25) is 0 Å². The lowest BCUT2D eigenvalue weighted by atomic mass is 10.2. The van der Waals surface area contributed by atoms with Gasteiger partial charge < -0.3 is 13.9 Å². The third kappa shape index (κ3) is 2.94. The van der Waals surface area contributed by atoms with E-state index in [0.717, 1.165) is 0 Å². The highest BCUT2D eigenvalue weighted by Gasteiger charge is 2.15. The molecule has 20 heavy (non-hydrogen) atoms. The molecule has 1 aromatic carbocycles. The average molecular weight is 277 g/mol. The summed E-state index contributed by atoms with van der Waals surface area (Å²) in [4.78, 5) is 21.9. The number of non-ortho nitro benzene ring substituents is 1. The van der Waals surface area contributed by atoms with Crippen LogP contribution in [0.1, 0.15) is 10.6 Å². The molecule has 1 heterocycles. The number of methoxy groups -OCH3 is 1. The highest BCUT2D eigenvalue weighted by molar-refractivity contribution is 5.94. The van der Waals surface area contributed by atoms with Crippen molar-refractivity contribution in [1.29, 1.82) is 0 Å². The quantitative estimate of drug-likeness (QED) is 0.457. The predicted octanol–water partition coefficient (Wildman–Crippen LogP) is 2.46. The largest absolute Gasteiger partial charge is 0.493 e. The van der Waals surface area contributed by atoms with Gasteiger partial charge in [-0.15, -0.1) is 0 Å². The molecule has 0 fully saturated rings. The highest BCUT2D eigenvalue weighted by Crippen LogP contribution is 2.31. The molecule has 0 aliphatic rings. The zero-order chi connectivity index (χ0) is 14.5. The van der Waals surface area contributed by atoms with Crippen LogP contribution in [0.15, 0.2) is 41.0 Å². The number of benzene rings is 1. The molecule has 1 aromatic heterocycles. The fourth-order valence-electron chi connectivity index (χ4n) is 1.54. The van der Waals surface area contributed by atoms with Crippen molar-refractivity contribution >= 4 is 11.5 Å². The van der Waals surface area contributed by atoms with E-state index in [0.29, 0.717) is 5.75 Å². The molecule has 0 bridgehead atoms. The van der Waals surface area contributed by atoms with Gasteiger partial charge in [0.25, 0.3) is 5.69 Å². The molecule has 0 N–H and O–H groups in total. The number of Topliss-reactive ketones (excluding diaryl/α,β-unsaturated/α-hetero) is 1. The average Bonchev–Trinajstić information content (AvgIpc) is 2.98. The van der Waals surface area contributed by atoms with E-state index in [9.17, 15) is 14.9 Å². The number of carbonyl (C=O) groups excluding carboxylic acids is 1. The summed E-state index contributed by atoms with van der Waals surface area (Å²) in [5.41, 5.74) is -0.147. The first kappa shape index (κ1) is 13.6. The van der Waals surface area contributed by atoms with Crippen molar-refractivity contribution < 1.29 is 23.6 Å². The SMILES string of the molecule is COc1ccc([N+](=O)[O-])cc1OCC(=O)c1ccco1. The molecule has 7 heteroatoms. The van der Waals surface area contributed by atoms with Gasteiger partial charge >= 0.3 is 0 Å². The fourth-order valence-corrected chi connectivity index (χ4v) is 1.54. The lowest BCUT2D eigenvalue weighted by molar-refractivity contribution is -0.385. The van der Waals surface area contributed by atoms with Gasteiger partial charge in [-0.05, 0) is 18.2 Å². The van der Waals surface area contributed by atoms with Gasteiger partial charge in [-0.2, -0.15) is 0 Å². The maximum absolute atomic E-state index is 11.7. The predicted molar refractivity (Wildman–Crippen MR) is 68.2 cm³/mol. The van der Waals surface area contributed by atoms with Crippen LogP contribution in [0.5, 0.6) is 11.5 Å². The Hall–Kier alpha value is -2.83. The van der Waals surface area contributed by atoms with Crippen molar-refractivity contribution in [2.45, 2.75) is 0 Å². The van der Waals surface area contributed by atoms with Gasteiger partial charge in [-0.3, -0.25) is 14.9 Å². The molecule has 0 saturated carbocycles. The molecule has 0 unspecified atom stereocenters. The third-order valence-corrected chi connectivity index (χ3v) is 2.51. The minimum absolute atomic E-state index is 0.126. The van der Waals surface area contributed by atoms with Crippen molar-refractivity contribution in [3.05, 3.63) is 52.5 Å². The van der Waals surface area contributed by atoms with Gasteiger partial charge in [0.2, 0.25) is 5.78 Å². The van der Waals surface area contributed by atoms with E-state index in [2.05, 4.69) is 0 Å². The molecule has 0 saturated heterocycles. The second kappa shape index (κ2) is 5.87. The summed E-state index contributed by atoms with van der Waals surface area (Å²) in [6.45, 7) is -0.301. The van der Waals surface area contributed by atoms with Crippen LogP contribution in [0.25, 0.3) is 0 Å². The molecule has 7 nitrogen and oxygen atoms in total. The van der Waals surface area contributed by atoms with E-state index in [1.54, 1.807) is 6.07 Å². The Labute approximate surface area is 113 Å². The Balaban J connectivity index is 2.13. The van der Waals surface area contributed by atoms with Crippen LogP contribution >= 0.6 is 0 Å². The zero-order valence-electron chi connectivity index (χ0n) is 10.6. The van der Waals surface area contributed by atoms with Crippen LogP contribution in [0, 0.1) is 10.1 Å². The number of ether oxygens (including phenoxy) is 2. The van der Waals surface area contributed by atoms with Gasteiger partial charge in [0.1, 0.15) is 0 Å². The van der Waals surface area contributed by atoms with Crippen molar-refractivity contribution in [2.75, 3.05) is 13.7 Å². The van der Waals surface area contributed by atoms with Crippen LogP contribution in [0.3, 0.4) is 0 Å². The first-order valence-electron chi connectivity index (χ1n) is 5.63. The van der Waals surface area contributed by atoms with Gasteiger partial charge in [0, 0.05) is 6.07 Å². The van der Waals surface area contributed by atoms with Gasteiger partial charge in [0.15, 0.2) is 23.9 Å². The number of hydrogen-bond acceptors (Lipinski definition) is 6. The molecule has 0 radical (unpaired) electrons. The monoisotopic (exact) mass is 277 g/mol. The molecule has 2 rings (SSSR count). The molecule has 0 aliphatic heterocycles.